The molecule has 2 aromatic heterocycles. The minimum Gasteiger partial charge on any atom is -0.319 e. The van der Waals surface area contributed by atoms with Gasteiger partial charge in [-0.3, -0.25) is 0 Å². The predicted molar refractivity (Wildman–Crippen MR) is 79.9 cm³/mol. The number of aromatic amines is 2. The van der Waals surface area contributed by atoms with Crippen molar-refractivity contribution in [2.75, 3.05) is 0 Å². The third-order valence-electron chi connectivity index (χ3n) is 3.67. The van der Waals surface area contributed by atoms with Crippen molar-refractivity contribution in [3.05, 3.63) is 46.4 Å². The fraction of sp³-hybridized carbons (Fsp3) is 0.357. The summed E-state index contributed by atoms with van der Waals surface area (Å²) in [5.41, 5.74) is 2.55. The molecule has 3 N–H and O–H groups in total. The van der Waals surface area contributed by atoms with Crippen LogP contribution in [-0.2, 0) is 7.05 Å². The summed E-state index contributed by atoms with van der Waals surface area (Å²) in [4.78, 5) is 16.8. The van der Waals surface area contributed by atoms with E-state index in [0.29, 0.717) is 0 Å². The Kier molecular flexibility index (Phi) is 3.34. The van der Waals surface area contributed by atoms with E-state index in [0.717, 1.165) is 22.4 Å². The second-order valence-electron chi connectivity index (χ2n) is 5.29. The van der Waals surface area contributed by atoms with E-state index in [1.165, 1.54) is 0 Å². The topological polar surface area (TPSA) is 91.4 Å². The highest BCUT2D eigenvalue weighted by Gasteiger charge is 2.15. The zero-order valence-corrected chi connectivity index (χ0v) is 12.2. The first kappa shape index (κ1) is 13.6. The number of imidazole rings is 1. The monoisotopic (exact) mass is 286 g/mol. The fourth-order valence-electron chi connectivity index (χ4n) is 2.55. The van der Waals surface area contributed by atoms with Crippen LogP contribution in [-0.4, -0.2) is 24.7 Å². The van der Waals surface area contributed by atoms with Crippen LogP contribution in [0.4, 0.5) is 0 Å². The highest BCUT2D eigenvalue weighted by Crippen LogP contribution is 2.20. The number of nitrogens with zero attached hydrogens (tertiary/aromatic N) is 3. The molecule has 0 saturated heterocycles. The van der Waals surface area contributed by atoms with E-state index in [1.54, 1.807) is 6.33 Å². The molecule has 2 heterocycles. The first-order valence-corrected chi connectivity index (χ1v) is 6.86. The number of rotatable bonds is 4. The van der Waals surface area contributed by atoms with Gasteiger partial charge in [0.25, 0.3) is 0 Å². The molecule has 0 spiro atoms. The van der Waals surface area contributed by atoms with E-state index in [1.807, 2.05) is 29.8 Å². The van der Waals surface area contributed by atoms with Crippen LogP contribution in [0.3, 0.4) is 0 Å². The van der Waals surface area contributed by atoms with Crippen LogP contribution < -0.4 is 11.0 Å². The van der Waals surface area contributed by atoms with Gasteiger partial charge in [0.2, 0.25) is 0 Å². The van der Waals surface area contributed by atoms with Gasteiger partial charge in [-0.05, 0) is 31.5 Å². The van der Waals surface area contributed by atoms with E-state index in [9.17, 15) is 4.79 Å². The molecule has 0 radical (unpaired) electrons. The van der Waals surface area contributed by atoms with E-state index < -0.39 is 0 Å². The molecule has 0 saturated carbocycles. The third kappa shape index (κ3) is 2.59. The SMILES string of the molecule is CC(NC(C)c1nncn1C)c1ccc2[nH]c(=O)[nH]c2c1. The fourth-order valence-corrected chi connectivity index (χ4v) is 2.55. The quantitative estimate of drug-likeness (QED) is 0.676. The maximum atomic E-state index is 11.3. The molecule has 110 valence electrons. The van der Waals surface area contributed by atoms with Gasteiger partial charge in [-0.2, -0.15) is 0 Å². The van der Waals surface area contributed by atoms with Gasteiger partial charge in [-0.1, -0.05) is 6.07 Å². The summed E-state index contributed by atoms with van der Waals surface area (Å²) in [5.74, 6) is 0.887. The molecule has 7 heteroatoms. The Morgan fingerprint density at radius 1 is 1.19 bits per heavy atom. The summed E-state index contributed by atoms with van der Waals surface area (Å²) in [7, 11) is 1.93. The smallest absolute Gasteiger partial charge is 0.319 e. The van der Waals surface area contributed by atoms with Gasteiger partial charge in [0.05, 0.1) is 17.1 Å². The largest absolute Gasteiger partial charge is 0.323 e. The molecule has 2 atom stereocenters. The number of H-pyrrole nitrogens is 2. The maximum Gasteiger partial charge on any atom is 0.323 e. The number of aromatic nitrogens is 5. The van der Waals surface area contributed by atoms with Crippen molar-refractivity contribution >= 4 is 11.0 Å². The Labute approximate surface area is 121 Å². The third-order valence-corrected chi connectivity index (χ3v) is 3.67. The van der Waals surface area contributed by atoms with Crippen molar-refractivity contribution in [1.29, 1.82) is 0 Å². The number of hydrogen-bond acceptors (Lipinski definition) is 4. The lowest BCUT2D eigenvalue weighted by Gasteiger charge is -2.19. The van der Waals surface area contributed by atoms with Crippen LogP contribution in [0.1, 0.15) is 37.3 Å². The predicted octanol–water partition coefficient (Wildman–Crippen LogP) is 1.40. The average molecular weight is 286 g/mol. The van der Waals surface area contributed by atoms with Gasteiger partial charge < -0.3 is 19.9 Å². The molecule has 0 aliphatic carbocycles. The van der Waals surface area contributed by atoms with Crippen molar-refractivity contribution in [3.63, 3.8) is 0 Å². The lowest BCUT2D eigenvalue weighted by molar-refractivity contribution is 0.466. The Hall–Kier alpha value is -2.41. The molecule has 0 aliphatic heterocycles. The lowest BCUT2D eigenvalue weighted by Crippen LogP contribution is -2.24. The summed E-state index contributed by atoms with van der Waals surface area (Å²) in [6.07, 6.45) is 1.69. The normalized spacial score (nSPS) is 14.4. The molecular weight excluding hydrogens is 268 g/mol. The Morgan fingerprint density at radius 3 is 2.67 bits per heavy atom. The van der Waals surface area contributed by atoms with Gasteiger partial charge in [0, 0.05) is 13.1 Å². The highest BCUT2D eigenvalue weighted by molar-refractivity contribution is 5.75. The summed E-state index contributed by atoms with van der Waals surface area (Å²) in [6.45, 7) is 4.13. The van der Waals surface area contributed by atoms with Crippen molar-refractivity contribution < 1.29 is 0 Å². The number of fused-ring (bicyclic) bond motifs is 1. The molecule has 2 unspecified atom stereocenters. The second-order valence-corrected chi connectivity index (χ2v) is 5.29. The number of benzene rings is 1. The molecule has 0 amide bonds. The van der Waals surface area contributed by atoms with Gasteiger partial charge >= 0.3 is 5.69 Å². The van der Waals surface area contributed by atoms with Crippen molar-refractivity contribution in [3.8, 4) is 0 Å². The average Bonchev–Trinajstić information content (AvgIpc) is 3.02. The van der Waals surface area contributed by atoms with Gasteiger partial charge in [0.1, 0.15) is 12.2 Å². The molecule has 0 aliphatic rings. The first-order valence-electron chi connectivity index (χ1n) is 6.86. The van der Waals surface area contributed by atoms with E-state index in [-0.39, 0.29) is 17.8 Å². The zero-order valence-electron chi connectivity index (χ0n) is 12.2. The van der Waals surface area contributed by atoms with Crippen molar-refractivity contribution in [1.82, 2.24) is 30.0 Å². The van der Waals surface area contributed by atoms with Gasteiger partial charge in [0.15, 0.2) is 0 Å². The van der Waals surface area contributed by atoms with Gasteiger partial charge in [-0.25, -0.2) is 4.79 Å². The molecule has 1 aromatic carbocycles. The Morgan fingerprint density at radius 2 is 1.95 bits per heavy atom. The molecule has 0 fully saturated rings. The maximum absolute atomic E-state index is 11.3. The van der Waals surface area contributed by atoms with Crippen LogP contribution in [0.25, 0.3) is 11.0 Å². The molecule has 3 aromatic rings. The Bertz CT molecular complexity index is 814. The summed E-state index contributed by atoms with van der Waals surface area (Å²) in [5, 5.41) is 11.5. The molecule has 21 heavy (non-hydrogen) atoms. The minimum absolute atomic E-state index is 0.0773. The molecular formula is C14H18N6O. The first-order chi connectivity index (χ1) is 10.0. The van der Waals surface area contributed by atoms with E-state index >= 15 is 0 Å². The van der Waals surface area contributed by atoms with E-state index in [2.05, 4.69) is 39.3 Å². The lowest BCUT2D eigenvalue weighted by atomic mass is 10.1. The second kappa shape index (κ2) is 5.17. The minimum atomic E-state index is -0.185. The van der Waals surface area contributed by atoms with Crippen LogP contribution in [0.2, 0.25) is 0 Å². The number of nitrogens with one attached hydrogen (secondary N) is 3. The van der Waals surface area contributed by atoms with Gasteiger partial charge in [-0.15, -0.1) is 10.2 Å². The van der Waals surface area contributed by atoms with Crippen LogP contribution >= 0.6 is 0 Å². The van der Waals surface area contributed by atoms with E-state index in [4.69, 9.17) is 0 Å². The number of aryl methyl sites for hydroxylation is 1. The van der Waals surface area contributed by atoms with Crippen molar-refractivity contribution in [2.24, 2.45) is 7.05 Å². The zero-order chi connectivity index (χ0) is 15.0. The van der Waals surface area contributed by atoms with Crippen LogP contribution in [0.15, 0.2) is 29.3 Å². The Balaban J connectivity index is 1.81. The summed E-state index contributed by atoms with van der Waals surface area (Å²) in [6, 6.07) is 6.10. The molecule has 3 rings (SSSR count). The van der Waals surface area contributed by atoms with Crippen LogP contribution in [0, 0.1) is 0 Å². The summed E-state index contributed by atoms with van der Waals surface area (Å²) < 4.78 is 1.90. The molecule has 7 nitrogen and oxygen atoms in total. The summed E-state index contributed by atoms with van der Waals surface area (Å²) >= 11 is 0. The highest BCUT2D eigenvalue weighted by atomic mass is 16.1. The van der Waals surface area contributed by atoms with Crippen molar-refractivity contribution in [2.45, 2.75) is 25.9 Å². The van der Waals surface area contributed by atoms with Crippen LogP contribution in [0.5, 0.6) is 0 Å². The molecule has 0 bridgehead atoms. The number of hydrogen-bond donors (Lipinski definition) is 3. The standard InChI is InChI=1S/C14H18N6O/c1-8(16-9(2)13-19-15-7-20(13)3)10-4-5-11-12(6-10)18-14(21)17-11/h4-9,16H,1-3H3,(H2,17,18,21).